The smallest absolute Gasteiger partial charge is 0.136 e. The number of methoxy groups -OCH3 is 2. The van der Waals surface area contributed by atoms with E-state index in [1.54, 1.807) is 21.1 Å². The Morgan fingerprint density at radius 1 is 1.26 bits per heavy atom. The summed E-state index contributed by atoms with van der Waals surface area (Å²) in [5, 5.41) is 0. The van der Waals surface area contributed by atoms with Gasteiger partial charge < -0.3 is 14.3 Å². The van der Waals surface area contributed by atoms with Crippen molar-refractivity contribution in [1.82, 2.24) is 0 Å². The zero-order chi connectivity index (χ0) is 14.4. The zero-order valence-corrected chi connectivity index (χ0v) is 13.5. The van der Waals surface area contributed by atoms with Crippen LogP contribution in [0, 0.1) is 0 Å². The number of carbonyl (C=O) groups excluding carboxylic acids is 1. The second-order valence-electron chi connectivity index (χ2n) is 4.57. The van der Waals surface area contributed by atoms with Crippen molar-refractivity contribution in [2.24, 2.45) is 0 Å². The van der Waals surface area contributed by atoms with Crippen LogP contribution in [0.4, 0.5) is 0 Å². The molecule has 106 valence electrons. The maximum Gasteiger partial charge on any atom is 0.136 e. The molecule has 0 radical (unpaired) electrons. The minimum absolute atomic E-state index is 0.227. The Labute approximate surface area is 123 Å². The Bertz CT molecular complexity index is 443. The predicted octanol–water partition coefficient (Wildman–Crippen LogP) is 4.33. The van der Waals surface area contributed by atoms with E-state index < -0.39 is 0 Å². The third-order valence-corrected chi connectivity index (χ3v) is 3.90. The van der Waals surface area contributed by atoms with Crippen LogP contribution in [0.2, 0.25) is 0 Å². The number of hydrogen-bond donors (Lipinski definition) is 0. The lowest BCUT2D eigenvalue weighted by Crippen LogP contribution is -2.04. The molecule has 1 atom stereocenters. The molecule has 19 heavy (non-hydrogen) atoms. The summed E-state index contributed by atoms with van der Waals surface area (Å²) >= 11 is 3.50. The van der Waals surface area contributed by atoms with Crippen molar-refractivity contribution in [1.29, 1.82) is 0 Å². The molecule has 1 rings (SSSR count). The first-order valence-electron chi connectivity index (χ1n) is 6.44. The van der Waals surface area contributed by atoms with Crippen molar-refractivity contribution in [3.63, 3.8) is 0 Å². The van der Waals surface area contributed by atoms with Gasteiger partial charge in [0.25, 0.3) is 0 Å². The van der Waals surface area contributed by atoms with Gasteiger partial charge in [-0.1, -0.05) is 6.92 Å². The number of halogens is 1. The minimum atomic E-state index is 0.227. The molecule has 0 N–H and O–H groups in total. The normalized spacial score (nSPS) is 12.1. The maximum atomic E-state index is 11.2. The second kappa shape index (κ2) is 7.53. The van der Waals surface area contributed by atoms with Gasteiger partial charge in [0.15, 0.2) is 0 Å². The van der Waals surface area contributed by atoms with Crippen molar-refractivity contribution in [2.45, 2.75) is 39.0 Å². The van der Waals surface area contributed by atoms with Gasteiger partial charge in [-0.3, -0.25) is 0 Å². The molecule has 1 aromatic rings. The van der Waals surface area contributed by atoms with Crippen molar-refractivity contribution >= 4 is 21.7 Å². The van der Waals surface area contributed by atoms with Gasteiger partial charge in [-0.05, 0) is 53.2 Å². The van der Waals surface area contributed by atoms with Crippen LogP contribution in [-0.2, 0) is 4.79 Å². The van der Waals surface area contributed by atoms with Crippen molar-refractivity contribution in [2.75, 3.05) is 14.2 Å². The minimum Gasteiger partial charge on any atom is -0.496 e. The summed E-state index contributed by atoms with van der Waals surface area (Å²) in [5.41, 5.74) is 1.12. The summed E-state index contributed by atoms with van der Waals surface area (Å²) in [6.45, 7) is 3.76. The van der Waals surface area contributed by atoms with Crippen LogP contribution in [-0.4, -0.2) is 20.0 Å². The van der Waals surface area contributed by atoms with Gasteiger partial charge >= 0.3 is 0 Å². The van der Waals surface area contributed by atoms with Gasteiger partial charge in [0.05, 0.1) is 18.7 Å². The van der Waals surface area contributed by atoms with Gasteiger partial charge in [0.2, 0.25) is 0 Å². The number of carbonyl (C=O) groups is 1. The molecule has 0 fully saturated rings. The zero-order valence-electron chi connectivity index (χ0n) is 12.0. The molecule has 3 nitrogen and oxygen atoms in total. The summed E-state index contributed by atoms with van der Waals surface area (Å²) in [6, 6.07) is 3.92. The van der Waals surface area contributed by atoms with Crippen LogP contribution < -0.4 is 9.47 Å². The molecule has 1 aromatic carbocycles. The fourth-order valence-corrected chi connectivity index (χ4v) is 2.68. The molecule has 0 aliphatic rings. The van der Waals surface area contributed by atoms with Gasteiger partial charge in [0.1, 0.15) is 17.3 Å². The van der Waals surface area contributed by atoms with E-state index in [-0.39, 0.29) is 5.78 Å². The van der Waals surface area contributed by atoms with Crippen LogP contribution in [0.25, 0.3) is 0 Å². The molecule has 0 saturated heterocycles. The van der Waals surface area contributed by atoms with Crippen LogP contribution in [0.15, 0.2) is 16.6 Å². The van der Waals surface area contributed by atoms with E-state index in [0.717, 1.165) is 34.4 Å². The topological polar surface area (TPSA) is 35.5 Å². The number of ether oxygens (including phenoxy) is 2. The second-order valence-corrected chi connectivity index (χ2v) is 5.43. The van der Waals surface area contributed by atoms with Crippen LogP contribution in [0.5, 0.6) is 11.5 Å². The monoisotopic (exact) mass is 328 g/mol. The standard InChI is InChI=1S/C15H21BrO3/c1-5-11(7-6-10(2)17)12-8-13(16)15(19-4)9-14(12)18-3/h8-9,11H,5-7H2,1-4H3. The number of ketones is 1. The molecule has 0 spiro atoms. The average Bonchev–Trinajstić information content (AvgIpc) is 2.39. The van der Waals surface area contributed by atoms with E-state index in [1.807, 2.05) is 12.1 Å². The molecular weight excluding hydrogens is 308 g/mol. The van der Waals surface area contributed by atoms with Gasteiger partial charge in [-0.25, -0.2) is 0 Å². The summed E-state index contributed by atoms with van der Waals surface area (Å²) in [4.78, 5) is 11.2. The Kier molecular flexibility index (Phi) is 6.35. The Morgan fingerprint density at radius 3 is 2.37 bits per heavy atom. The summed E-state index contributed by atoms with van der Waals surface area (Å²) in [5.74, 6) is 2.11. The maximum absolute atomic E-state index is 11.2. The Hall–Kier alpha value is -1.03. The molecule has 0 saturated carbocycles. The lowest BCUT2D eigenvalue weighted by atomic mass is 9.90. The summed E-state index contributed by atoms with van der Waals surface area (Å²) in [7, 11) is 3.29. The van der Waals surface area contributed by atoms with E-state index in [0.29, 0.717) is 12.3 Å². The SMILES string of the molecule is CCC(CCC(C)=O)c1cc(Br)c(OC)cc1OC. The number of rotatable bonds is 7. The largest absolute Gasteiger partial charge is 0.496 e. The third kappa shape index (κ3) is 4.23. The predicted molar refractivity (Wildman–Crippen MR) is 80.2 cm³/mol. The highest BCUT2D eigenvalue weighted by Gasteiger charge is 2.18. The highest BCUT2D eigenvalue weighted by molar-refractivity contribution is 9.10. The molecular formula is C15H21BrO3. The number of benzene rings is 1. The van der Waals surface area contributed by atoms with Crippen LogP contribution >= 0.6 is 15.9 Å². The molecule has 0 amide bonds. The molecule has 4 heteroatoms. The molecule has 0 aromatic heterocycles. The number of hydrogen-bond acceptors (Lipinski definition) is 3. The van der Waals surface area contributed by atoms with Crippen LogP contribution in [0.1, 0.15) is 44.6 Å². The lowest BCUT2D eigenvalue weighted by Gasteiger charge is -2.19. The van der Waals surface area contributed by atoms with Crippen LogP contribution in [0.3, 0.4) is 0 Å². The van der Waals surface area contributed by atoms with Gasteiger partial charge in [-0.2, -0.15) is 0 Å². The quantitative estimate of drug-likeness (QED) is 0.747. The number of Topliss-reactive ketones (excluding diaryl/α,β-unsaturated/α-hetero) is 1. The first-order valence-corrected chi connectivity index (χ1v) is 7.23. The molecule has 0 aliphatic carbocycles. The summed E-state index contributed by atoms with van der Waals surface area (Å²) in [6.07, 6.45) is 2.43. The fourth-order valence-electron chi connectivity index (χ4n) is 2.16. The van der Waals surface area contributed by atoms with Crippen molar-refractivity contribution in [3.8, 4) is 11.5 Å². The first kappa shape index (κ1) is 16.0. The fraction of sp³-hybridized carbons (Fsp3) is 0.533. The third-order valence-electron chi connectivity index (χ3n) is 3.28. The Morgan fingerprint density at radius 2 is 1.89 bits per heavy atom. The Balaban J connectivity index is 3.07. The van der Waals surface area contributed by atoms with E-state index in [4.69, 9.17) is 9.47 Å². The van der Waals surface area contributed by atoms with Crippen molar-refractivity contribution in [3.05, 3.63) is 22.2 Å². The molecule has 1 unspecified atom stereocenters. The lowest BCUT2D eigenvalue weighted by molar-refractivity contribution is -0.117. The van der Waals surface area contributed by atoms with E-state index in [1.165, 1.54) is 0 Å². The van der Waals surface area contributed by atoms with Crippen molar-refractivity contribution < 1.29 is 14.3 Å². The highest BCUT2D eigenvalue weighted by Crippen LogP contribution is 2.39. The van der Waals surface area contributed by atoms with Gasteiger partial charge in [0, 0.05) is 12.5 Å². The first-order chi connectivity index (χ1) is 9.03. The summed E-state index contributed by atoms with van der Waals surface area (Å²) < 4.78 is 11.6. The molecule has 0 heterocycles. The van der Waals surface area contributed by atoms with E-state index in [9.17, 15) is 4.79 Å². The average molecular weight is 329 g/mol. The van der Waals surface area contributed by atoms with E-state index in [2.05, 4.69) is 22.9 Å². The van der Waals surface area contributed by atoms with Gasteiger partial charge in [-0.15, -0.1) is 0 Å². The molecule has 0 bridgehead atoms. The van der Waals surface area contributed by atoms with E-state index >= 15 is 0 Å². The highest BCUT2D eigenvalue weighted by atomic mass is 79.9. The molecule has 0 aliphatic heterocycles.